The number of rotatable bonds is 5. The van der Waals surface area contributed by atoms with E-state index in [1.165, 1.54) is 13.2 Å². The molecule has 1 heterocycles. The Hall–Kier alpha value is -2.30. The summed E-state index contributed by atoms with van der Waals surface area (Å²) in [6, 6.07) is 36.3. The first kappa shape index (κ1) is 16.2. The first-order valence-electron chi connectivity index (χ1n) is 8.29. The van der Waals surface area contributed by atoms with Crippen molar-refractivity contribution in [2.45, 2.75) is 0 Å². The Bertz CT molecular complexity index is 810. The molecule has 1 nitrogen and oxygen atoms in total. The van der Waals surface area contributed by atoms with Crippen molar-refractivity contribution in [1.82, 2.24) is 0 Å². The summed E-state index contributed by atoms with van der Waals surface area (Å²) >= 11 is -1.64. The second kappa shape index (κ2) is 7.30. The molecule has 0 saturated carbocycles. The van der Waals surface area contributed by atoms with Gasteiger partial charge in [0.25, 0.3) is 0 Å². The molecular weight excluding hydrogens is 385 g/mol. The maximum atomic E-state index is 6.91. The summed E-state index contributed by atoms with van der Waals surface area (Å²) in [6.45, 7) is 0. The van der Waals surface area contributed by atoms with E-state index >= 15 is 0 Å². The van der Waals surface area contributed by atoms with Crippen LogP contribution in [0.3, 0.4) is 0 Å². The molecule has 0 aliphatic carbocycles. The van der Waals surface area contributed by atoms with E-state index in [0.717, 1.165) is 5.06 Å². The van der Waals surface area contributed by atoms with Gasteiger partial charge in [-0.15, -0.1) is 0 Å². The van der Waals surface area contributed by atoms with Crippen molar-refractivity contribution in [3.63, 3.8) is 0 Å². The fraction of sp³-hybridized carbons (Fsp3) is 0. The average Bonchev–Trinajstić information content (AvgIpc) is 3.21. The Morgan fingerprint density at radius 2 is 0.960 bits per heavy atom. The monoisotopic (exact) mass is 404 g/mol. The molecule has 0 spiro atoms. The molecular formula is C22H18GeOS. The molecule has 4 aromatic rings. The van der Waals surface area contributed by atoms with Gasteiger partial charge in [-0.3, -0.25) is 0 Å². The molecule has 0 bridgehead atoms. The van der Waals surface area contributed by atoms with Crippen molar-refractivity contribution in [2.24, 2.45) is 0 Å². The van der Waals surface area contributed by atoms with E-state index in [2.05, 4.69) is 102 Å². The Balaban J connectivity index is 2.01. The minimum atomic E-state index is -3.29. The van der Waals surface area contributed by atoms with Crippen molar-refractivity contribution < 1.29 is 3.76 Å². The van der Waals surface area contributed by atoms with Crippen molar-refractivity contribution in [2.75, 3.05) is 0 Å². The molecule has 25 heavy (non-hydrogen) atoms. The van der Waals surface area contributed by atoms with Crippen LogP contribution in [0.1, 0.15) is 0 Å². The molecule has 0 aliphatic heterocycles. The second-order valence-corrected chi connectivity index (χ2v) is 13.6. The van der Waals surface area contributed by atoms with E-state index in [4.69, 9.17) is 3.76 Å². The topological polar surface area (TPSA) is 9.23 Å². The van der Waals surface area contributed by atoms with E-state index in [1.54, 1.807) is 11.3 Å². The molecule has 4 rings (SSSR count). The number of hydrogen-bond acceptors (Lipinski definition) is 2. The van der Waals surface area contributed by atoms with Crippen LogP contribution in [0.4, 0.5) is 0 Å². The van der Waals surface area contributed by atoms with Gasteiger partial charge in [-0.25, -0.2) is 0 Å². The summed E-state index contributed by atoms with van der Waals surface area (Å²) in [5, 5.41) is 3.06. The van der Waals surface area contributed by atoms with Gasteiger partial charge >= 0.3 is 155 Å². The van der Waals surface area contributed by atoms with E-state index in [9.17, 15) is 0 Å². The summed E-state index contributed by atoms with van der Waals surface area (Å²) < 4.78 is 10.8. The van der Waals surface area contributed by atoms with Crippen LogP contribution in [-0.2, 0) is 0 Å². The molecule has 0 fully saturated rings. The molecule has 0 radical (unpaired) electrons. The number of benzene rings is 3. The van der Waals surface area contributed by atoms with Gasteiger partial charge in [0.05, 0.1) is 0 Å². The van der Waals surface area contributed by atoms with Gasteiger partial charge < -0.3 is 0 Å². The standard InChI is InChI=1S/C22H18GeOS/c1-4-11-19(12-5-1)23(20-13-6-2-7-14-20,21-15-8-3-9-16-21)24-22-17-10-18-25-22/h1-18H. The van der Waals surface area contributed by atoms with Gasteiger partial charge in [0, 0.05) is 0 Å². The third-order valence-corrected chi connectivity index (χ3v) is 13.7. The summed E-state index contributed by atoms with van der Waals surface area (Å²) in [5.74, 6) is 0. The van der Waals surface area contributed by atoms with Gasteiger partial charge in [-0.2, -0.15) is 0 Å². The fourth-order valence-corrected chi connectivity index (χ4v) is 12.4. The van der Waals surface area contributed by atoms with E-state index in [-0.39, 0.29) is 0 Å². The summed E-state index contributed by atoms with van der Waals surface area (Å²) in [7, 11) is 0. The summed E-state index contributed by atoms with van der Waals surface area (Å²) in [5.41, 5.74) is 0. The van der Waals surface area contributed by atoms with Crippen molar-refractivity contribution in [1.29, 1.82) is 0 Å². The summed E-state index contributed by atoms with van der Waals surface area (Å²) in [4.78, 5) is 0. The van der Waals surface area contributed by atoms with Crippen LogP contribution in [0.25, 0.3) is 0 Å². The molecule has 0 aliphatic rings. The Labute approximate surface area is 155 Å². The quantitative estimate of drug-likeness (QED) is 0.461. The zero-order valence-electron chi connectivity index (χ0n) is 13.7. The minimum absolute atomic E-state index is 0.983. The molecule has 0 amide bonds. The molecule has 1 aromatic heterocycles. The zero-order valence-corrected chi connectivity index (χ0v) is 16.6. The van der Waals surface area contributed by atoms with Gasteiger partial charge in [-0.05, 0) is 0 Å². The Kier molecular flexibility index (Phi) is 4.72. The molecule has 0 N–H and O–H groups in total. The van der Waals surface area contributed by atoms with Crippen molar-refractivity contribution in [3.05, 3.63) is 109 Å². The molecule has 122 valence electrons. The van der Waals surface area contributed by atoms with Gasteiger partial charge in [0.1, 0.15) is 0 Å². The predicted octanol–water partition coefficient (Wildman–Crippen LogP) is 3.79. The van der Waals surface area contributed by atoms with Crippen LogP contribution in [0.2, 0.25) is 0 Å². The fourth-order valence-electron chi connectivity index (χ4n) is 3.17. The molecule has 0 unspecified atom stereocenters. The van der Waals surface area contributed by atoms with Gasteiger partial charge in [0.15, 0.2) is 0 Å². The molecule has 3 heteroatoms. The van der Waals surface area contributed by atoms with Crippen LogP contribution in [0, 0.1) is 0 Å². The van der Waals surface area contributed by atoms with Crippen LogP contribution in [0.15, 0.2) is 109 Å². The van der Waals surface area contributed by atoms with Crippen LogP contribution in [0.5, 0.6) is 5.06 Å². The Morgan fingerprint density at radius 3 is 1.32 bits per heavy atom. The van der Waals surface area contributed by atoms with E-state index in [1.807, 2.05) is 6.07 Å². The predicted molar refractivity (Wildman–Crippen MR) is 109 cm³/mol. The third-order valence-electron chi connectivity index (χ3n) is 4.29. The normalized spacial score (nSPS) is 11.2. The van der Waals surface area contributed by atoms with Crippen molar-refractivity contribution in [3.8, 4) is 5.06 Å². The summed E-state index contributed by atoms with van der Waals surface area (Å²) in [6.07, 6.45) is 0. The Morgan fingerprint density at radius 1 is 0.520 bits per heavy atom. The van der Waals surface area contributed by atoms with E-state index < -0.39 is 13.6 Å². The van der Waals surface area contributed by atoms with Gasteiger partial charge in [0.2, 0.25) is 0 Å². The number of hydrogen-bond donors (Lipinski definition) is 0. The first-order chi connectivity index (χ1) is 12.4. The van der Waals surface area contributed by atoms with Crippen LogP contribution < -0.4 is 17.0 Å². The second-order valence-electron chi connectivity index (χ2n) is 5.81. The zero-order chi connectivity index (χ0) is 17.0. The molecule has 0 atom stereocenters. The average molecular weight is 403 g/mol. The van der Waals surface area contributed by atoms with Crippen molar-refractivity contribution >= 4 is 38.1 Å². The molecule has 3 aromatic carbocycles. The van der Waals surface area contributed by atoms with Crippen LogP contribution >= 0.6 is 11.3 Å². The number of thiophene rings is 1. The first-order valence-corrected chi connectivity index (χ1v) is 13.2. The van der Waals surface area contributed by atoms with Crippen LogP contribution in [-0.4, -0.2) is 13.6 Å². The third kappa shape index (κ3) is 3.15. The SMILES string of the molecule is c1cc[c]([Ge]([O]c2cccs2)([c]2ccccc2)[c]2ccccc2)cc1. The molecule has 0 saturated heterocycles. The van der Waals surface area contributed by atoms with E-state index in [0.29, 0.717) is 0 Å². The van der Waals surface area contributed by atoms with Gasteiger partial charge in [-0.1, -0.05) is 0 Å². The maximum absolute atomic E-state index is 6.91.